The molecule has 1 aromatic carbocycles. The predicted molar refractivity (Wildman–Crippen MR) is 135 cm³/mol. The van der Waals surface area contributed by atoms with E-state index in [0.29, 0.717) is 12.0 Å². The van der Waals surface area contributed by atoms with Crippen LogP contribution in [0.2, 0.25) is 0 Å². The fraction of sp³-hybridized carbons (Fsp3) is 0.440. The van der Waals surface area contributed by atoms with Crippen molar-refractivity contribution in [2.45, 2.75) is 62.7 Å². The van der Waals surface area contributed by atoms with Gasteiger partial charge < -0.3 is 41.6 Å². The van der Waals surface area contributed by atoms with E-state index in [0.717, 1.165) is 15.8 Å². The standard InChI is InChI=1S/C25H31N5O9/c26-15(11-21(33)34)24(37)30-9-3-6-19(30)23(36)28-17(7-8-20(31)32)22(35)29-18(25(38)39)10-13-12-27-16-5-2-1-4-14(13)16/h1-2,4-5,12,15,17-19,27H,3,6-11,26H2,(H,28,36)(H,29,35)(H,31,32)(H,33,34)(H,38,39). The molecule has 14 nitrogen and oxygen atoms in total. The van der Waals surface area contributed by atoms with Crippen molar-refractivity contribution in [2.75, 3.05) is 6.54 Å². The van der Waals surface area contributed by atoms with E-state index in [9.17, 15) is 33.9 Å². The molecule has 4 unspecified atom stereocenters. The SMILES string of the molecule is NC(CC(=O)O)C(=O)N1CCCC1C(=O)NC(CCC(=O)O)C(=O)NC(Cc1c[nH]c2ccccc12)C(=O)O. The second kappa shape index (κ2) is 12.9. The lowest BCUT2D eigenvalue weighted by molar-refractivity contribution is -0.145. The van der Waals surface area contributed by atoms with Crippen LogP contribution >= 0.6 is 0 Å². The summed E-state index contributed by atoms with van der Waals surface area (Å²) in [5.74, 6) is -6.20. The van der Waals surface area contributed by atoms with Gasteiger partial charge in [0.25, 0.3) is 0 Å². The molecule has 4 atom stereocenters. The Hall–Kier alpha value is -4.46. The average Bonchev–Trinajstić information content (AvgIpc) is 3.52. The maximum Gasteiger partial charge on any atom is 0.326 e. The highest BCUT2D eigenvalue weighted by atomic mass is 16.4. The Bertz CT molecular complexity index is 1260. The van der Waals surface area contributed by atoms with E-state index in [1.165, 1.54) is 0 Å². The molecular weight excluding hydrogens is 514 g/mol. The van der Waals surface area contributed by atoms with E-state index < -0.39 is 72.6 Å². The Morgan fingerprint density at radius 1 is 1.03 bits per heavy atom. The molecule has 3 amide bonds. The molecule has 0 spiro atoms. The van der Waals surface area contributed by atoms with Gasteiger partial charge in [-0.1, -0.05) is 18.2 Å². The third-order valence-corrected chi connectivity index (χ3v) is 6.54. The summed E-state index contributed by atoms with van der Waals surface area (Å²) in [6, 6.07) is 2.04. The minimum absolute atomic E-state index is 0.0724. The fourth-order valence-corrected chi connectivity index (χ4v) is 4.59. The minimum Gasteiger partial charge on any atom is -0.481 e. The van der Waals surface area contributed by atoms with Crippen molar-refractivity contribution in [2.24, 2.45) is 5.73 Å². The minimum atomic E-state index is -1.40. The first-order valence-corrected chi connectivity index (χ1v) is 12.4. The number of carboxylic acid groups (broad SMARTS) is 3. The summed E-state index contributed by atoms with van der Waals surface area (Å²) in [6.45, 7) is 0.155. The highest BCUT2D eigenvalue weighted by molar-refractivity contribution is 5.95. The number of H-pyrrole nitrogens is 1. The summed E-state index contributed by atoms with van der Waals surface area (Å²) >= 11 is 0. The summed E-state index contributed by atoms with van der Waals surface area (Å²) in [5.41, 5.74) is 7.10. The monoisotopic (exact) mass is 545 g/mol. The number of likely N-dealkylation sites (tertiary alicyclic amines) is 1. The van der Waals surface area contributed by atoms with Crippen LogP contribution in [0.1, 0.15) is 37.7 Å². The quantitative estimate of drug-likeness (QED) is 0.169. The molecule has 210 valence electrons. The van der Waals surface area contributed by atoms with Gasteiger partial charge in [-0.2, -0.15) is 0 Å². The van der Waals surface area contributed by atoms with Gasteiger partial charge in [0.15, 0.2) is 0 Å². The Balaban J connectivity index is 1.73. The van der Waals surface area contributed by atoms with Crippen LogP contribution in [0.25, 0.3) is 10.9 Å². The molecule has 0 bridgehead atoms. The lowest BCUT2D eigenvalue weighted by atomic mass is 10.0. The Labute approximate surface area is 222 Å². The second-order valence-electron chi connectivity index (χ2n) is 9.35. The van der Waals surface area contributed by atoms with Crippen molar-refractivity contribution in [3.8, 4) is 0 Å². The van der Waals surface area contributed by atoms with Crippen LogP contribution in [0.15, 0.2) is 30.5 Å². The molecule has 0 saturated carbocycles. The lowest BCUT2D eigenvalue weighted by Gasteiger charge is -2.28. The molecule has 0 aliphatic carbocycles. The van der Waals surface area contributed by atoms with Gasteiger partial charge in [-0.05, 0) is 30.9 Å². The fourth-order valence-electron chi connectivity index (χ4n) is 4.59. The number of rotatable bonds is 13. The van der Waals surface area contributed by atoms with Crippen LogP contribution in [0.3, 0.4) is 0 Å². The van der Waals surface area contributed by atoms with E-state index in [1.807, 2.05) is 12.1 Å². The van der Waals surface area contributed by atoms with Crippen molar-refractivity contribution in [3.05, 3.63) is 36.0 Å². The van der Waals surface area contributed by atoms with E-state index in [4.69, 9.17) is 15.9 Å². The largest absolute Gasteiger partial charge is 0.481 e. The molecule has 39 heavy (non-hydrogen) atoms. The van der Waals surface area contributed by atoms with Gasteiger partial charge in [0.1, 0.15) is 18.1 Å². The van der Waals surface area contributed by atoms with Gasteiger partial charge in [-0.25, -0.2) is 4.79 Å². The zero-order chi connectivity index (χ0) is 28.7. The zero-order valence-corrected chi connectivity index (χ0v) is 21.0. The number of fused-ring (bicyclic) bond motifs is 1. The number of carboxylic acids is 3. The highest BCUT2D eigenvalue weighted by Gasteiger charge is 2.38. The molecule has 1 aromatic heterocycles. The van der Waals surface area contributed by atoms with Crippen LogP contribution in [0.5, 0.6) is 0 Å². The number of benzene rings is 1. The summed E-state index contributed by atoms with van der Waals surface area (Å²) in [5, 5.41) is 33.4. The number of amides is 3. The zero-order valence-electron chi connectivity index (χ0n) is 21.0. The molecule has 1 aliphatic heterocycles. The van der Waals surface area contributed by atoms with E-state index in [1.54, 1.807) is 18.3 Å². The van der Waals surface area contributed by atoms with Crippen LogP contribution in [0.4, 0.5) is 0 Å². The third-order valence-electron chi connectivity index (χ3n) is 6.54. The van der Waals surface area contributed by atoms with Crippen LogP contribution in [-0.4, -0.2) is 91.5 Å². The van der Waals surface area contributed by atoms with Gasteiger partial charge in [-0.3, -0.25) is 24.0 Å². The smallest absolute Gasteiger partial charge is 0.326 e. The number of aliphatic carboxylic acids is 3. The number of carbonyl (C=O) groups excluding carboxylic acids is 3. The van der Waals surface area contributed by atoms with Crippen LogP contribution < -0.4 is 16.4 Å². The summed E-state index contributed by atoms with van der Waals surface area (Å²) in [7, 11) is 0. The Morgan fingerprint density at radius 2 is 1.74 bits per heavy atom. The lowest BCUT2D eigenvalue weighted by Crippen LogP contribution is -2.57. The first-order valence-electron chi connectivity index (χ1n) is 12.4. The van der Waals surface area contributed by atoms with Gasteiger partial charge in [0.2, 0.25) is 17.7 Å². The van der Waals surface area contributed by atoms with Crippen molar-refractivity contribution in [1.82, 2.24) is 20.5 Å². The van der Waals surface area contributed by atoms with Crippen molar-refractivity contribution >= 4 is 46.5 Å². The van der Waals surface area contributed by atoms with Gasteiger partial charge >= 0.3 is 17.9 Å². The molecule has 2 aromatic rings. The van der Waals surface area contributed by atoms with Crippen molar-refractivity contribution in [3.63, 3.8) is 0 Å². The normalized spacial score (nSPS) is 17.3. The maximum absolute atomic E-state index is 13.1. The topological polar surface area (TPSA) is 232 Å². The van der Waals surface area contributed by atoms with Gasteiger partial charge in [0.05, 0.1) is 12.5 Å². The Morgan fingerprint density at radius 3 is 2.41 bits per heavy atom. The molecule has 14 heteroatoms. The number of aromatic amines is 1. The van der Waals surface area contributed by atoms with E-state index in [2.05, 4.69) is 15.6 Å². The molecule has 8 N–H and O–H groups in total. The molecule has 1 aliphatic rings. The maximum atomic E-state index is 13.1. The van der Waals surface area contributed by atoms with Crippen LogP contribution in [0, 0.1) is 0 Å². The van der Waals surface area contributed by atoms with Gasteiger partial charge in [-0.15, -0.1) is 0 Å². The number of hydrogen-bond acceptors (Lipinski definition) is 7. The highest BCUT2D eigenvalue weighted by Crippen LogP contribution is 2.21. The molecule has 2 heterocycles. The average molecular weight is 546 g/mol. The number of nitrogens with one attached hydrogen (secondary N) is 3. The summed E-state index contributed by atoms with van der Waals surface area (Å²) in [4.78, 5) is 77.1. The second-order valence-corrected chi connectivity index (χ2v) is 9.35. The van der Waals surface area contributed by atoms with E-state index in [-0.39, 0.29) is 25.8 Å². The summed E-state index contributed by atoms with van der Waals surface area (Å²) < 4.78 is 0. The predicted octanol–water partition coefficient (Wildman–Crippen LogP) is -0.578. The number of carbonyl (C=O) groups is 6. The number of aromatic nitrogens is 1. The van der Waals surface area contributed by atoms with Crippen molar-refractivity contribution in [1.29, 1.82) is 0 Å². The number of para-hydroxylation sites is 1. The van der Waals surface area contributed by atoms with Crippen LogP contribution in [-0.2, 0) is 35.2 Å². The summed E-state index contributed by atoms with van der Waals surface area (Å²) in [6.07, 6.45) is 0.778. The molecule has 1 fully saturated rings. The number of nitrogens with zero attached hydrogens (tertiary/aromatic N) is 1. The third kappa shape index (κ3) is 7.54. The Kier molecular flexibility index (Phi) is 9.60. The molecule has 3 rings (SSSR count). The number of nitrogens with two attached hydrogens (primary N) is 1. The molecular formula is C25H31N5O9. The number of hydrogen-bond donors (Lipinski definition) is 7. The first-order chi connectivity index (χ1) is 18.5. The van der Waals surface area contributed by atoms with E-state index >= 15 is 0 Å². The molecule has 1 saturated heterocycles. The first kappa shape index (κ1) is 29.1. The van der Waals surface area contributed by atoms with Crippen molar-refractivity contribution < 1.29 is 44.1 Å². The molecule has 0 radical (unpaired) electrons. The van der Waals surface area contributed by atoms with Gasteiger partial charge in [0, 0.05) is 36.5 Å².